The van der Waals surface area contributed by atoms with Crippen LogP contribution in [0, 0.1) is 0 Å². The van der Waals surface area contributed by atoms with E-state index in [1.54, 1.807) is 0 Å². The molecular formula is C10H9BrN4O. The van der Waals surface area contributed by atoms with Crippen LogP contribution in [-0.2, 0) is 6.54 Å². The third kappa shape index (κ3) is 2.66. The Kier molecular flexibility index (Phi) is 3.31. The predicted molar refractivity (Wildman–Crippen MR) is 61.7 cm³/mol. The summed E-state index contributed by atoms with van der Waals surface area (Å²) in [4.78, 5) is 15.3. The first-order valence-corrected chi connectivity index (χ1v) is 5.43. The summed E-state index contributed by atoms with van der Waals surface area (Å²) in [5.74, 6) is -0.0486. The Morgan fingerprint density at radius 3 is 3.06 bits per heavy atom. The van der Waals surface area contributed by atoms with Gasteiger partial charge in [0.1, 0.15) is 6.33 Å². The van der Waals surface area contributed by atoms with Crippen molar-refractivity contribution >= 4 is 21.8 Å². The molecule has 1 amide bonds. The Hall–Kier alpha value is -1.69. The van der Waals surface area contributed by atoms with E-state index >= 15 is 0 Å². The van der Waals surface area contributed by atoms with E-state index < -0.39 is 0 Å². The van der Waals surface area contributed by atoms with Crippen molar-refractivity contribution in [2.75, 3.05) is 0 Å². The Balaban J connectivity index is 1.95. The molecule has 0 saturated carbocycles. The molecule has 0 spiro atoms. The molecule has 82 valence electrons. The van der Waals surface area contributed by atoms with Gasteiger partial charge in [-0.2, -0.15) is 5.10 Å². The Bertz CT molecular complexity index is 483. The number of nitrogens with zero attached hydrogens (tertiary/aromatic N) is 2. The summed E-state index contributed by atoms with van der Waals surface area (Å²) >= 11 is 3.37. The summed E-state index contributed by atoms with van der Waals surface area (Å²) in [5, 5.41) is 8.85. The molecule has 1 aromatic carbocycles. The molecule has 0 unspecified atom stereocenters. The number of aromatic nitrogens is 3. The van der Waals surface area contributed by atoms with Crippen LogP contribution in [-0.4, -0.2) is 21.1 Å². The van der Waals surface area contributed by atoms with E-state index in [0.717, 1.165) is 10.0 Å². The van der Waals surface area contributed by atoms with Crippen molar-refractivity contribution in [2.24, 2.45) is 0 Å². The zero-order chi connectivity index (χ0) is 11.4. The molecule has 0 aliphatic carbocycles. The molecule has 0 fully saturated rings. The normalized spacial score (nSPS) is 10.1. The molecule has 0 saturated heterocycles. The first kappa shape index (κ1) is 10.8. The molecule has 5 nitrogen and oxygen atoms in total. The number of amides is 1. The third-order valence-electron chi connectivity index (χ3n) is 1.97. The van der Waals surface area contributed by atoms with Gasteiger partial charge in [0.15, 0.2) is 0 Å². The highest BCUT2D eigenvalue weighted by molar-refractivity contribution is 9.10. The van der Waals surface area contributed by atoms with E-state index in [9.17, 15) is 4.79 Å². The average Bonchev–Trinajstić information content (AvgIpc) is 2.79. The van der Waals surface area contributed by atoms with Gasteiger partial charge in [0.25, 0.3) is 5.91 Å². The van der Waals surface area contributed by atoms with Crippen LogP contribution in [0.5, 0.6) is 0 Å². The van der Waals surface area contributed by atoms with Gasteiger partial charge < -0.3 is 5.32 Å². The van der Waals surface area contributed by atoms with Crippen LogP contribution in [0.1, 0.15) is 16.2 Å². The summed E-state index contributed by atoms with van der Waals surface area (Å²) in [5.41, 5.74) is 1.02. The fraction of sp³-hybridized carbons (Fsp3) is 0.100. The standard InChI is InChI=1S/C10H9BrN4O/c11-8-3-1-2-7(4-8)5-12-10(16)9-13-6-14-15-9/h1-4,6H,5H2,(H,12,16)(H,13,14,15). The van der Waals surface area contributed by atoms with Gasteiger partial charge >= 0.3 is 0 Å². The second-order valence-corrected chi connectivity index (χ2v) is 4.06. The second kappa shape index (κ2) is 4.89. The fourth-order valence-electron chi connectivity index (χ4n) is 1.23. The monoisotopic (exact) mass is 280 g/mol. The smallest absolute Gasteiger partial charge is 0.288 e. The van der Waals surface area contributed by atoms with Gasteiger partial charge in [-0.05, 0) is 17.7 Å². The van der Waals surface area contributed by atoms with E-state index in [0.29, 0.717) is 6.54 Å². The van der Waals surface area contributed by atoms with Gasteiger partial charge in [-0.15, -0.1) is 0 Å². The number of hydrogen-bond acceptors (Lipinski definition) is 3. The van der Waals surface area contributed by atoms with E-state index in [4.69, 9.17) is 0 Å². The number of carbonyl (C=O) groups excluding carboxylic acids is 1. The molecular weight excluding hydrogens is 272 g/mol. The van der Waals surface area contributed by atoms with Crippen molar-refractivity contribution in [1.29, 1.82) is 0 Å². The Morgan fingerprint density at radius 2 is 2.38 bits per heavy atom. The van der Waals surface area contributed by atoms with Crippen molar-refractivity contribution in [3.05, 3.63) is 46.5 Å². The maximum Gasteiger partial charge on any atom is 0.288 e. The maximum absolute atomic E-state index is 11.5. The third-order valence-corrected chi connectivity index (χ3v) is 2.47. The number of nitrogens with one attached hydrogen (secondary N) is 2. The molecule has 0 aliphatic rings. The molecule has 1 aromatic heterocycles. The zero-order valence-electron chi connectivity index (χ0n) is 8.27. The Labute approximate surface area is 100 Å². The maximum atomic E-state index is 11.5. The highest BCUT2D eigenvalue weighted by Gasteiger charge is 2.07. The molecule has 0 bridgehead atoms. The van der Waals surface area contributed by atoms with Gasteiger partial charge in [0, 0.05) is 11.0 Å². The first-order chi connectivity index (χ1) is 7.75. The topological polar surface area (TPSA) is 70.7 Å². The van der Waals surface area contributed by atoms with Gasteiger partial charge in [0.05, 0.1) is 0 Å². The van der Waals surface area contributed by atoms with Crippen LogP contribution >= 0.6 is 15.9 Å². The van der Waals surface area contributed by atoms with Crippen LogP contribution in [0.3, 0.4) is 0 Å². The number of H-pyrrole nitrogens is 1. The lowest BCUT2D eigenvalue weighted by molar-refractivity contribution is 0.0941. The average molecular weight is 281 g/mol. The molecule has 2 aromatic rings. The highest BCUT2D eigenvalue weighted by Crippen LogP contribution is 2.11. The van der Waals surface area contributed by atoms with Crippen LogP contribution < -0.4 is 5.32 Å². The quantitative estimate of drug-likeness (QED) is 0.895. The number of carbonyl (C=O) groups is 1. The number of benzene rings is 1. The van der Waals surface area contributed by atoms with Crippen molar-refractivity contribution in [3.63, 3.8) is 0 Å². The summed E-state index contributed by atoms with van der Waals surface area (Å²) in [6.07, 6.45) is 1.30. The summed E-state index contributed by atoms with van der Waals surface area (Å²) in [7, 11) is 0. The minimum atomic E-state index is -0.266. The lowest BCUT2D eigenvalue weighted by Crippen LogP contribution is -2.23. The summed E-state index contributed by atoms with van der Waals surface area (Å²) in [6.45, 7) is 0.457. The van der Waals surface area contributed by atoms with Crippen LogP contribution in [0.15, 0.2) is 35.1 Å². The van der Waals surface area contributed by atoms with Crippen molar-refractivity contribution in [1.82, 2.24) is 20.5 Å². The highest BCUT2D eigenvalue weighted by atomic mass is 79.9. The van der Waals surface area contributed by atoms with E-state index in [1.165, 1.54) is 6.33 Å². The van der Waals surface area contributed by atoms with Crippen LogP contribution in [0.2, 0.25) is 0 Å². The predicted octanol–water partition coefficient (Wildman–Crippen LogP) is 1.50. The molecule has 1 heterocycles. The van der Waals surface area contributed by atoms with Crippen molar-refractivity contribution in [2.45, 2.75) is 6.54 Å². The molecule has 0 radical (unpaired) electrons. The van der Waals surface area contributed by atoms with Gasteiger partial charge in [0.2, 0.25) is 5.82 Å². The van der Waals surface area contributed by atoms with Crippen molar-refractivity contribution < 1.29 is 4.79 Å². The minimum absolute atomic E-state index is 0.218. The van der Waals surface area contributed by atoms with E-state index in [-0.39, 0.29) is 11.7 Å². The molecule has 16 heavy (non-hydrogen) atoms. The molecule has 0 aliphatic heterocycles. The number of aromatic amines is 1. The first-order valence-electron chi connectivity index (χ1n) is 4.64. The van der Waals surface area contributed by atoms with E-state index in [1.807, 2.05) is 24.3 Å². The largest absolute Gasteiger partial charge is 0.345 e. The number of hydrogen-bond donors (Lipinski definition) is 2. The SMILES string of the molecule is O=C(NCc1cccc(Br)c1)c1ncn[nH]1. The fourth-order valence-corrected chi connectivity index (χ4v) is 1.67. The summed E-state index contributed by atoms with van der Waals surface area (Å²) < 4.78 is 0.985. The zero-order valence-corrected chi connectivity index (χ0v) is 9.86. The van der Waals surface area contributed by atoms with Crippen LogP contribution in [0.25, 0.3) is 0 Å². The van der Waals surface area contributed by atoms with E-state index in [2.05, 4.69) is 36.4 Å². The Morgan fingerprint density at radius 1 is 1.50 bits per heavy atom. The molecule has 0 atom stereocenters. The van der Waals surface area contributed by atoms with Gasteiger partial charge in [-0.3, -0.25) is 9.89 Å². The molecule has 2 N–H and O–H groups in total. The lowest BCUT2D eigenvalue weighted by atomic mass is 10.2. The van der Waals surface area contributed by atoms with Gasteiger partial charge in [-0.1, -0.05) is 28.1 Å². The molecule has 6 heteroatoms. The summed E-state index contributed by atoms with van der Waals surface area (Å²) in [6, 6.07) is 7.73. The van der Waals surface area contributed by atoms with Crippen LogP contribution in [0.4, 0.5) is 0 Å². The number of halogens is 1. The van der Waals surface area contributed by atoms with Crippen molar-refractivity contribution in [3.8, 4) is 0 Å². The molecule has 2 rings (SSSR count). The van der Waals surface area contributed by atoms with Gasteiger partial charge in [-0.25, -0.2) is 4.98 Å². The minimum Gasteiger partial charge on any atom is -0.345 e. The second-order valence-electron chi connectivity index (χ2n) is 3.15. The lowest BCUT2D eigenvalue weighted by Gasteiger charge is -2.03. The number of rotatable bonds is 3.